The van der Waals surface area contributed by atoms with E-state index in [1.807, 2.05) is 0 Å². The minimum absolute atomic E-state index is 0.000321. The summed E-state index contributed by atoms with van der Waals surface area (Å²) in [4.78, 5) is 12.0. The average Bonchev–Trinajstić information content (AvgIpc) is 3.19. The van der Waals surface area contributed by atoms with Gasteiger partial charge in [0.15, 0.2) is 14.6 Å². The quantitative estimate of drug-likeness (QED) is 0.279. The largest absolute Gasteiger partial charge is 0.386 e. The summed E-state index contributed by atoms with van der Waals surface area (Å²) in [5.74, 6) is 4.09. The van der Waals surface area contributed by atoms with Crippen molar-refractivity contribution in [3.05, 3.63) is 65.1 Å². The maximum absolute atomic E-state index is 15.1. The predicted molar refractivity (Wildman–Crippen MR) is 125 cm³/mol. The van der Waals surface area contributed by atoms with Crippen LogP contribution in [0.15, 0.2) is 42.6 Å². The minimum Gasteiger partial charge on any atom is -0.386 e. The third-order valence-electron chi connectivity index (χ3n) is 5.82. The minimum atomic E-state index is -3.86. The van der Waals surface area contributed by atoms with Crippen LogP contribution in [0.2, 0.25) is 0 Å². The molecule has 3 aromatic rings. The van der Waals surface area contributed by atoms with E-state index in [1.54, 1.807) is 44.2 Å². The van der Waals surface area contributed by atoms with E-state index < -0.39 is 31.9 Å². The van der Waals surface area contributed by atoms with Crippen LogP contribution in [0.5, 0.6) is 0 Å². The summed E-state index contributed by atoms with van der Waals surface area (Å²) >= 11 is 0. The zero-order valence-electron chi connectivity index (χ0n) is 19.3. The van der Waals surface area contributed by atoms with Crippen molar-refractivity contribution in [1.29, 1.82) is 0 Å². The van der Waals surface area contributed by atoms with Gasteiger partial charge in [0, 0.05) is 24.6 Å². The number of nitrogens with zero attached hydrogens (tertiary/aromatic N) is 2. The molecule has 2 aromatic carbocycles. The molecule has 1 amide bonds. The lowest BCUT2D eigenvalue weighted by Gasteiger charge is -2.24. The zero-order chi connectivity index (χ0) is 25.3. The summed E-state index contributed by atoms with van der Waals surface area (Å²) in [6.07, 6.45) is 2.15. The summed E-state index contributed by atoms with van der Waals surface area (Å²) in [6, 6.07) is 10.1. The summed E-state index contributed by atoms with van der Waals surface area (Å²) in [7, 11) is -3.86. The van der Waals surface area contributed by atoms with Gasteiger partial charge < -0.3 is 5.11 Å². The Hall–Kier alpha value is -3.26. The second-order valence-electron chi connectivity index (χ2n) is 8.83. The van der Waals surface area contributed by atoms with E-state index in [-0.39, 0.29) is 23.9 Å². The van der Waals surface area contributed by atoms with Gasteiger partial charge in [-0.1, -0.05) is 24.0 Å². The zero-order valence-corrected chi connectivity index (χ0v) is 20.1. The molecule has 0 radical (unpaired) electrons. The number of aryl methyl sites for hydroxylation is 1. The molecule has 1 atom stereocenters. The van der Waals surface area contributed by atoms with Gasteiger partial charge in [-0.05, 0) is 57.0 Å². The first-order valence-corrected chi connectivity index (χ1v) is 12.3. The fourth-order valence-electron chi connectivity index (χ4n) is 3.33. The fourth-order valence-corrected chi connectivity index (χ4v) is 4.18. The number of hydroxylamine groups is 1. The Morgan fingerprint density at radius 1 is 1.15 bits per heavy atom. The molecular formula is C24H26FN3O5S. The van der Waals surface area contributed by atoms with Crippen molar-refractivity contribution in [1.82, 2.24) is 15.3 Å². The topological polar surface area (TPSA) is 122 Å². The van der Waals surface area contributed by atoms with Crippen LogP contribution in [0.25, 0.3) is 10.9 Å². The van der Waals surface area contributed by atoms with Crippen LogP contribution in [0.1, 0.15) is 43.9 Å². The number of nitrogens with one attached hydrogen (secondary N) is 1. The molecule has 1 unspecified atom stereocenters. The molecule has 34 heavy (non-hydrogen) atoms. The Bertz CT molecular complexity index is 1400. The van der Waals surface area contributed by atoms with Crippen LogP contribution >= 0.6 is 0 Å². The van der Waals surface area contributed by atoms with Crippen molar-refractivity contribution in [2.75, 3.05) is 6.26 Å². The van der Waals surface area contributed by atoms with Crippen LogP contribution in [0.4, 0.5) is 4.39 Å². The van der Waals surface area contributed by atoms with Crippen molar-refractivity contribution in [2.24, 2.45) is 0 Å². The molecule has 8 nitrogen and oxygen atoms in total. The summed E-state index contributed by atoms with van der Waals surface area (Å²) in [6.45, 7) is 4.57. The lowest BCUT2D eigenvalue weighted by molar-refractivity contribution is -0.131. The van der Waals surface area contributed by atoms with E-state index in [9.17, 15) is 18.3 Å². The highest BCUT2D eigenvalue weighted by molar-refractivity contribution is 7.92. The molecule has 180 valence electrons. The van der Waals surface area contributed by atoms with Crippen LogP contribution in [0.3, 0.4) is 0 Å². The maximum atomic E-state index is 15.1. The number of aliphatic hydroxyl groups is 1. The maximum Gasteiger partial charge on any atom is 0.264 e. The monoisotopic (exact) mass is 487 g/mol. The van der Waals surface area contributed by atoms with Gasteiger partial charge in [0.2, 0.25) is 0 Å². The lowest BCUT2D eigenvalue weighted by atomic mass is 9.97. The highest BCUT2D eigenvalue weighted by Crippen LogP contribution is 2.24. The van der Waals surface area contributed by atoms with Crippen molar-refractivity contribution >= 4 is 26.6 Å². The molecule has 0 spiro atoms. The first-order valence-electron chi connectivity index (χ1n) is 10.4. The highest BCUT2D eigenvalue weighted by atomic mass is 32.2. The van der Waals surface area contributed by atoms with Crippen molar-refractivity contribution < 1.29 is 27.9 Å². The number of hydrogen-bond donors (Lipinski definition) is 3. The van der Waals surface area contributed by atoms with Crippen LogP contribution in [-0.4, -0.2) is 45.4 Å². The number of sulfone groups is 1. The molecule has 10 heteroatoms. The van der Waals surface area contributed by atoms with E-state index in [0.29, 0.717) is 11.1 Å². The number of aromatic nitrogens is 2. The van der Waals surface area contributed by atoms with Gasteiger partial charge in [-0.25, -0.2) is 18.3 Å². The second kappa shape index (κ2) is 9.18. The van der Waals surface area contributed by atoms with E-state index >= 15 is 4.39 Å². The molecule has 0 aliphatic heterocycles. The van der Waals surface area contributed by atoms with Gasteiger partial charge in [0.05, 0.1) is 22.1 Å². The van der Waals surface area contributed by atoms with E-state index in [1.165, 1.54) is 29.3 Å². The van der Waals surface area contributed by atoms with Crippen molar-refractivity contribution in [2.45, 2.75) is 44.1 Å². The molecule has 0 saturated carbocycles. The molecule has 0 fully saturated rings. The van der Waals surface area contributed by atoms with Gasteiger partial charge in [-0.15, -0.1) is 0 Å². The van der Waals surface area contributed by atoms with Crippen LogP contribution < -0.4 is 5.48 Å². The molecule has 0 aliphatic carbocycles. The Labute approximate surface area is 197 Å². The first-order chi connectivity index (χ1) is 15.8. The Morgan fingerprint density at radius 3 is 2.35 bits per heavy atom. The number of rotatable bonds is 6. The average molecular weight is 488 g/mol. The van der Waals surface area contributed by atoms with Crippen LogP contribution in [-0.2, 0) is 26.8 Å². The number of carbonyl (C=O) groups is 1. The summed E-state index contributed by atoms with van der Waals surface area (Å²) in [5.41, 5.74) is 2.34. The van der Waals surface area contributed by atoms with Gasteiger partial charge in [0.1, 0.15) is 5.82 Å². The number of amides is 1. The van der Waals surface area contributed by atoms with Gasteiger partial charge >= 0.3 is 0 Å². The molecule has 0 saturated heterocycles. The summed E-state index contributed by atoms with van der Waals surface area (Å²) in [5, 5.41) is 23.4. The third kappa shape index (κ3) is 5.12. The van der Waals surface area contributed by atoms with E-state index in [2.05, 4.69) is 16.9 Å². The first kappa shape index (κ1) is 25.4. The Balaban J connectivity index is 1.85. The standard InChI is InChI=1S/C24H26FN3O5S/c1-23(2,30)18-10-6-16(7-11-18)5-8-17-9-12-20-19(21(17)25)15-28(26-20)14-13-24(3,22(29)27-31)34(4,32)33/h6-7,9-12,15,30-31H,13-14H2,1-4H3,(H,27,29). The highest BCUT2D eigenvalue weighted by Gasteiger charge is 2.43. The molecular weight excluding hydrogens is 461 g/mol. The van der Waals surface area contributed by atoms with Gasteiger partial charge in [-0.3, -0.25) is 14.7 Å². The number of fused-ring (bicyclic) bond motifs is 1. The second-order valence-corrected chi connectivity index (χ2v) is 11.3. The number of benzene rings is 2. The molecule has 3 N–H and O–H groups in total. The summed E-state index contributed by atoms with van der Waals surface area (Å²) < 4.78 is 38.8. The Kier molecular flexibility index (Phi) is 6.85. The van der Waals surface area contributed by atoms with Crippen molar-refractivity contribution in [3.63, 3.8) is 0 Å². The number of carbonyl (C=O) groups excluding carboxylic acids is 1. The fraction of sp³-hybridized carbons (Fsp3) is 0.333. The molecule has 3 rings (SSSR count). The van der Waals surface area contributed by atoms with Gasteiger partial charge in [0.25, 0.3) is 5.91 Å². The SMILES string of the molecule is CC(C)(O)c1ccc(C#Cc2ccc3nn(CCC(C)(C(=O)NO)S(C)(=O)=O)cc3c2F)cc1. The van der Waals surface area contributed by atoms with Crippen molar-refractivity contribution in [3.8, 4) is 11.8 Å². The number of halogens is 1. The van der Waals surface area contributed by atoms with Gasteiger partial charge in [-0.2, -0.15) is 5.10 Å². The van der Waals surface area contributed by atoms with E-state index in [4.69, 9.17) is 5.21 Å². The molecule has 0 bridgehead atoms. The predicted octanol–water partition coefficient (Wildman–Crippen LogP) is 2.50. The smallest absolute Gasteiger partial charge is 0.264 e. The van der Waals surface area contributed by atoms with E-state index in [0.717, 1.165) is 11.8 Å². The van der Waals surface area contributed by atoms with Crippen LogP contribution in [0, 0.1) is 17.7 Å². The lowest BCUT2D eigenvalue weighted by Crippen LogP contribution is -2.49. The third-order valence-corrected chi connectivity index (χ3v) is 7.85. The normalized spacial score (nSPS) is 13.7. The molecule has 0 aliphatic rings. The molecule has 1 aromatic heterocycles. The number of hydrogen-bond acceptors (Lipinski definition) is 6. The molecule has 1 heterocycles. The Morgan fingerprint density at radius 2 is 1.79 bits per heavy atom.